The first-order valence-electron chi connectivity index (χ1n) is 12.8. The number of rotatable bonds is 11. The summed E-state index contributed by atoms with van der Waals surface area (Å²) < 4.78 is 0. The van der Waals surface area contributed by atoms with Gasteiger partial charge in [0.05, 0.1) is 10.0 Å². The zero-order valence-corrected chi connectivity index (χ0v) is 22.9. The van der Waals surface area contributed by atoms with Gasteiger partial charge in [0.1, 0.15) is 6.04 Å². The van der Waals surface area contributed by atoms with Crippen LogP contribution < -0.4 is 10.6 Å². The van der Waals surface area contributed by atoms with E-state index in [0.29, 0.717) is 41.8 Å². The Balaban J connectivity index is 1.94. The Morgan fingerprint density at radius 3 is 2.40 bits per heavy atom. The molecule has 1 aromatic carbocycles. The summed E-state index contributed by atoms with van der Waals surface area (Å²) in [5, 5.41) is 6.30. The van der Waals surface area contributed by atoms with E-state index in [1.165, 1.54) is 19.3 Å². The molecule has 7 nitrogen and oxygen atoms in total. The van der Waals surface area contributed by atoms with Crippen LogP contribution in [0.5, 0.6) is 0 Å². The van der Waals surface area contributed by atoms with Crippen LogP contribution in [0.1, 0.15) is 72.6 Å². The van der Waals surface area contributed by atoms with Crippen molar-refractivity contribution in [2.24, 2.45) is 5.92 Å². The first-order chi connectivity index (χ1) is 16.7. The minimum atomic E-state index is -0.671. The average molecular weight is 528 g/mol. The Morgan fingerprint density at radius 2 is 1.77 bits per heavy atom. The fourth-order valence-electron chi connectivity index (χ4n) is 4.31. The van der Waals surface area contributed by atoms with E-state index in [0.717, 1.165) is 19.3 Å². The van der Waals surface area contributed by atoms with Gasteiger partial charge >= 0.3 is 6.03 Å². The predicted octanol–water partition coefficient (Wildman–Crippen LogP) is 5.95. The summed E-state index contributed by atoms with van der Waals surface area (Å²) in [6, 6.07) is 3.60. The molecule has 9 heteroatoms. The first kappa shape index (κ1) is 29.2. The maximum absolute atomic E-state index is 13.4. The van der Waals surface area contributed by atoms with Gasteiger partial charge < -0.3 is 20.4 Å². The molecule has 35 heavy (non-hydrogen) atoms. The van der Waals surface area contributed by atoms with Gasteiger partial charge in [0, 0.05) is 37.8 Å². The number of nitrogens with one attached hydrogen (secondary N) is 2. The number of benzene rings is 1. The quantitative estimate of drug-likeness (QED) is 0.349. The van der Waals surface area contributed by atoms with Crippen molar-refractivity contribution >= 4 is 46.7 Å². The molecular formula is C26H40Cl2N4O3. The number of piperazine rings is 1. The van der Waals surface area contributed by atoms with Crippen LogP contribution in [0.25, 0.3) is 0 Å². The van der Waals surface area contributed by atoms with Crippen LogP contribution in [0.4, 0.5) is 10.5 Å². The number of halogens is 2. The molecule has 0 radical (unpaired) electrons. The number of carbonyl (C=O) groups excluding carboxylic acids is 3. The number of urea groups is 1. The molecule has 1 aliphatic rings. The third kappa shape index (κ3) is 8.87. The van der Waals surface area contributed by atoms with E-state index >= 15 is 0 Å². The van der Waals surface area contributed by atoms with Crippen molar-refractivity contribution in [3.8, 4) is 0 Å². The van der Waals surface area contributed by atoms with Gasteiger partial charge in [-0.3, -0.25) is 9.59 Å². The molecule has 1 fully saturated rings. The lowest BCUT2D eigenvalue weighted by molar-refractivity contribution is -0.144. The summed E-state index contributed by atoms with van der Waals surface area (Å²) in [5.41, 5.74) is 0.489. The number of nitrogens with zero attached hydrogens (tertiary/aromatic N) is 2. The van der Waals surface area contributed by atoms with Crippen LogP contribution in [0.2, 0.25) is 10.0 Å². The summed E-state index contributed by atoms with van der Waals surface area (Å²) in [6.07, 6.45) is 6.86. The fourth-order valence-corrected chi connectivity index (χ4v) is 4.61. The van der Waals surface area contributed by atoms with Gasteiger partial charge in [-0.1, -0.05) is 76.1 Å². The Morgan fingerprint density at radius 1 is 1.06 bits per heavy atom. The highest BCUT2D eigenvalue weighted by atomic mass is 35.5. The van der Waals surface area contributed by atoms with Gasteiger partial charge in [-0.25, -0.2) is 4.79 Å². The first-order valence-corrected chi connectivity index (χ1v) is 13.5. The van der Waals surface area contributed by atoms with E-state index in [-0.39, 0.29) is 23.8 Å². The normalized spacial score (nSPS) is 17.6. The highest BCUT2D eigenvalue weighted by molar-refractivity contribution is 6.42. The van der Waals surface area contributed by atoms with Crippen LogP contribution >= 0.6 is 23.2 Å². The average Bonchev–Trinajstić information content (AvgIpc) is 2.83. The number of anilines is 1. The molecule has 3 atom stereocenters. The van der Waals surface area contributed by atoms with Crippen molar-refractivity contribution in [2.75, 3.05) is 25.0 Å². The molecular weight excluding hydrogens is 487 g/mol. The van der Waals surface area contributed by atoms with Crippen molar-refractivity contribution in [3.05, 3.63) is 28.2 Å². The van der Waals surface area contributed by atoms with Gasteiger partial charge in [0.2, 0.25) is 11.8 Å². The van der Waals surface area contributed by atoms with Crippen molar-refractivity contribution in [3.63, 3.8) is 0 Å². The number of unbranched alkanes of at least 4 members (excludes halogenated alkanes) is 4. The lowest BCUT2D eigenvalue weighted by Gasteiger charge is -2.41. The summed E-state index contributed by atoms with van der Waals surface area (Å²) in [7, 11) is 0. The molecule has 0 aromatic heterocycles. The molecule has 0 spiro atoms. The molecule has 1 aliphatic heterocycles. The Kier molecular flexibility index (Phi) is 12.1. The van der Waals surface area contributed by atoms with Crippen LogP contribution in [0.3, 0.4) is 0 Å². The minimum absolute atomic E-state index is 0.0554. The van der Waals surface area contributed by atoms with E-state index in [1.54, 1.807) is 23.1 Å². The van der Waals surface area contributed by atoms with E-state index in [2.05, 4.69) is 17.6 Å². The van der Waals surface area contributed by atoms with Crippen LogP contribution in [-0.4, -0.2) is 59.4 Å². The minimum Gasteiger partial charge on any atom is -0.337 e. The van der Waals surface area contributed by atoms with E-state index < -0.39 is 12.1 Å². The zero-order valence-electron chi connectivity index (χ0n) is 21.4. The number of hydrogen-bond donors (Lipinski definition) is 2. The number of amides is 4. The Bertz CT molecular complexity index is 867. The molecule has 1 heterocycles. The highest BCUT2D eigenvalue weighted by Crippen LogP contribution is 2.25. The summed E-state index contributed by atoms with van der Waals surface area (Å²) in [5.74, 6) is -0.0130. The van der Waals surface area contributed by atoms with Crippen molar-refractivity contribution < 1.29 is 14.4 Å². The molecule has 0 aliphatic carbocycles. The second-order valence-electron chi connectivity index (χ2n) is 9.48. The lowest BCUT2D eigenvalue weighted by atomic mass is 9.97. The maximum atomic E-state index is 13.4. The van der Waals surface area contributed by atoms with E-state index in [9.17, 15) is 14.4 Å². The van der Waals surface area contributed by atoms with Crippen molar-refractivity contribution in [1.82, 2.24) is 15.1 Å². The number of hydrogen-bond acceptors (Lipinski definition) is 3. The van der Waals surface area contributed by atoms with Crippen LogP contribution in [0.15, 0.2) is 18.2 Å². The van der Waals surface area contributed by atoms with Crippen LogP contribution in [-0.2, 0) is 9.59 Å². The fraction of sp³-hybridized carbons (Fsp3) is 0.654. The second-order valence-corrected chi connectivity index (χ2v) is 10.3. The third-order valence-corrected chi connectivity index (χ3v) is 7.44. The Labute approximate surface area is 219 Å². The molecule has 2 N–H and O–H groups in total. The standard InChI is InChI=1S/C26H40Cl2N4O3/c1-5-7-8-9-10-11-23(33)32-15-14-31(17-19(32)4)25(34)24(18(3)6-2)30-26(35)29-20-12-13-21(27)22(28)16-20/h12-13,16,18-19,24H,5-11,14-15,17H2,1-4H3,(H2,29,30,35). The van der Waals surface area contributed by atoms with Gasteiger partial charge in [-0.05, 0) is 37.5 Å². The molecule has 0 bridgehead atoms. The van der Waals surface area contributed by atoms with Gasteiger partial charge in [0.25, 0.3) is 0 Å². The van der Waals surface area contributed by atoms with Gasteiger partial charge in [-0.2, -0.15) is 0 Å². The molecule has 4 amide bonds. The van der Waals surface area contributed by atoms with E-state index in [1.807, 2.05) is 25.7 Å². The monoisotopic (exact) mass is 526 g/mol. The predicted molar refractivity (Wildman–Crippen MR) is 143 cm³/mol. The topological polar surface area (TPSA) is 81.8 Å². The lowest BCUT2D eigenvalue weighted by Crippen LogP contribution is -2.60. The summed E-state index contributed by atoms with van der Waals surface area (Å²) >= 11 is 12.0. The molecule has 196 valence electrons. The van der Waals surface area contributed by atoms with Crippen LogP contribution in [0, 0.1) is 5.92 Å². The number of carbonyl (C=O) groups is 3. The summed E-state index contributed by atoms with van der Waals surface area (Å²) in [4.78, 5) is 42.5. The van der Waals surface area contributed by atoms with Crippen molar-refractivity contribution in [2.45, 2.75) is 84.7 Å². The molecule has 0 saturated carbocycles. The van der Waals surface area contributed by atoms with Gasteiger partial charge in [0.15, 0.2) is 0 Å². The zero-order chi connectivity index (χ0) is 26.0. The Hall–Kier alpha value is -1.99. The molecule has 1 saturated heterocycles. The molecule has 1 aromatic rings. The molecule has 3 unspecified atom stereocenters. The smallest absolute Gasteiger partial charge is 0.319 e. The van der Waals surface area contributed by atoms with E-state index in [4.69, 9.17) is 23.2 Å². The second kappa shape index (κ2) is 14.5. The maximum Gasteiger partial charge on any atom is 0.319 e. The SMILES string of the molecule is CCCCCCCC(=O)N1CCN(C(=O)C(NC(=O)Nc2ccc(Cl)c(Cl)c2)C(C)CC)CC1C. The largest absolute Gasteiger partial charge is 0.337 e. The summed E-state index contributed by atoms with van der Waals surface area (Å²) in [6.45, 7) is 9.54. The van der Waals surface area contributed by atoms with Gasteiger partial charge in [-0.15, -0.1) is 0 Å². The molecule has 2 rings (SSSR count). The van der Waals surface area contributed by atoms with Crippen molar-refractivity contribution in [1.29, 1.82) is 0 Å². The highest BCUT2D eigenvalue weighted by Gasteiger charge is 2.35. The third-order valence-electron chi connectivity index (χ3n) is 6.70.